The number of nitrogens with zero attached hydrogens (tertiary/aromatic N) is 1. The second kappa shape index (κ2) is 10.1. The molecule has 0 rings (SSSR count). The van der Waals surface area contributed by atoms with Gasteiger partial charge in [0, 0.05) is 6.04 Å². The highest BCUT2D eigenvalue weighted by Crippen LogP contribution is 2.10. The van der Waals surface area contributed by atoms with Crippen LogP contribution < -0.4 is 5.32 Å². The summed E-state index contributed by atoms with van der Waals surface area (Å²) < 4.78 is 0. The fourth-order valence-corrected chi connectivity index (χ4v) is 2.10. The first-order chi connectivity index (χ1) is 7.57. The summed E-state index contributed by atoms with van der Waals surface area (Å²) in [5, 5.41) is 3.20. The third-order valence-corrected chi connectivity index (χ3v) is 3.25. The Morgan fingerprint density at radius 1 is 1.00 bits per heavy atom. The molecule has 2 nitrogen and oxygen atoms in total. The van der Waals surface area contributed by atoms with Gasteiger partial charge in [0.25, 0.3) is 0 Å². The Hall–Kier alpha value is -0.0800. The lowest BCUT2D eigenvalue weighted by atomic mass is 10.0. The summed E-state index contributed by atoms with van der Waals surface area (Å²) in [6.07, 6.45) is 6.73. The van der Waals surface area contributed by atoms with Crippen LogP contribution in [0.4, 0.5) is 0 Å². The van der Waals surface area contributed by atoms with Crippen molar-refractivity contribution in [1.82, 2.24) is 10.2 Å². The van der Waals surface area contributed by atoms with Crippen molar-refractivity contribution in [1.29, 1.82) is 0 Å². The molecule has 0 aromatic carbocycles. The van der Waals surface area contributed by atoms with Crippen LogP contribution in [0.25, 0.3) is 0 Å². The van der Waals surface area contributed by atoms with Crippen LogP contribution in [0, 0.1) is 5.92 Å². The minimum absolute atomic E-state index is 0.734. The monoisotopic (exact) mass is 228 g/mol. The summed E-state index contributed by atoms with van der Waals surface area (Å²) in [5.41, 5.74) is 0. The zero-order chi connectivity index (χ0) is 12.4. The summed E-state index contributed by atoms with van der Waals surface area (Å²) in [6, 6.07) is 0.734. The van der Waals surface area contributed by atoms with Crippen molar-refractivity contribution >= 4 is 0 Å². The zero-order valence-electron chi connectivity index (χ0n) is 12.1. The van der Waals surface area contributed by atoms with E-state index in [1.54, 1.807) is 0 Å². The second-order valence-corrected chi connectivity index (χ2v) is 5.48. The standard InChI is InChI=1S/C14H32N2/c1-13(2)12-14(3)16(5)11-9-7-6-8-10-15-4/h13-15H,6-12H2,1-5H3. The van der Waals surface area contributed by atoms with E-state index in [9.17, 15) is 0 Å². The molecule has 1 unspecified atom stereocenters. The van der Waals surface area contributed by atoms with Crippen molar-refractivity contribution in [3.63, 3.8) is 0 Å². The molecule has 0 spiro atoms. The van der Waals surface area contributed by atoms with Gasteiger partial charge in [-0.3, -0.25) is 0 Å². The van der Waals surface area contributed by atoms with E-state index in [4.69, 9.17) is 0 Å². The van der Waals surface area contributed by atoms with Gasteiger partial charge < -0.3 is 10.2 Å². The summed E-state index contributed by atoms with van der Waals surface area (Å²) in [4.78, 5) is 2.51. The molecule has 1 N–H and O–H groups in total. The Kier molecular flexibility index (Phi) is 10.0. The maximum Gasteiger partial charge on any atom is 0.00663 e. The molecule has 0 saturated heterocycles. The van der Waals surface area contributed by atoms with E-state index < -0.39 is 0 Å². The molecule has 0 bridgehead atoms. The van der Waals surface area contributed by atoms with E-state index in [0.717, 1.165) is 12.0 Å². The molecule has 98 valence electrons. The highest BCUT2D eigenvalue weighted by Gasteiger charge is 2.09. The fourth-order valence-electron chi connectivity index (χ4n) is 2.10. The van der Waals surface area contributed by atoms with Crippen LogP contribution in [0.1, 0.15) is 52.9 Å². The van der Waals surface area contributed by atoms with Gasteiger partial charge in [0.15, 0.2) is 0 Å². The molecule has 2 heteroatoms. The Labute approximate surface area is 103 Å². The largest absolute Gasteiger partial charge is 0.320 e. The highest BCUT2D eigenvalue weighted by atomic mass is 15.1. The minimum Gasteiger partial charge on any atom is -0.320 e. The Balaban J connectivity index is 3.38. The minimum atomic E-state index is 0.734. The van der Waals surface area contributed by atoms with Crippen LogP contribution in [-0.4, -0.2) is 38.1 Å². The predicted octanol–water partition coefficient (Wildman–Crippen LogP) is 3.13. The first-order valence-electron chi connectivity index (χ1n) is 6.92. The van der Waals surface area contributed by atoms with Crippen LogP contribution in [0.2, 0.25) is 0 Å². The van der Waals surface area contributed by atoms with Gasteiger partial charge in [-0.05, 0) is 59.3 Å². The van der Waals surface area contributed by atoms with Crippen LogP contribution in [0.15, 0.2) is 0 Å². The molecular formula is C14H32N2. The van der Waals surface area contributed by atoms with Gasteiger partial charge in [0.05, 0.1) is 0 Å². The molecular weight excluding hydrogens is 196 g/mol. The molecule has 0 saturated carbocycles. The van der Waals surface area contributed by atoms with E-state index in [-0.39, 0.29) is 0 Å². The molecule has 0 aliphatic heterocycles. The van der Waals surface area contributed by atoms with Crippen molar-refractivity contribution < 1.29 is 0 Å². The lowest BCUT2D eigenvalue weighted by molar-refractivity contribution is 0.224. The molecule has 1 atom stereocenters. The van der Waals surface area contributed by atoms with Crippen molar-refractivity contribution in [2.45, 2.75) is 58.9 Å². The Bertz CT molecular complexity index is 146. The van der Waals surface area contributed by atoms with Crippen molar-refractivity contribution in [2.75, 3.05) is 27.2 Å². The molecule has 0 fully saturated rings. The maximum atomic E-state index is 3.20. The summed E-state index contributed by atoms with van der Waals surface area (Å²) in [7, 11) is 4.29. The number of hydrogen-bond acceptors (Lipinski definition) is 2. The van der Waals surface area contributed by atoms with E-state index in [2.05, 4.69) is 38.0 Å². The number of nitrogens with one attached hydrogen (secondary N) is 1. The third kappa shape index (κ3) is 9.17. The number of hydrogen-bond donors (Lipinski definition) is 1. The van der Waals surface area contributed by atoms with Gasteiger partial charge >= 0.3 is 0 Å². The average molecular weight is 228 g/mol. The summed E-state index contributed by atoms with van der Waals surface area (Å²) >= 11 is 0. The normalized spacial score (nSPS) is 13.7. The van der Waals surface area contributed by atoms with Gasteiger partial charge in [-0.2, -0.15) is 0 Å². The lowest BCUT2D eigenvalue weighted by Crippen LogP contribution is -2.31. The lowest BCUT2D eigenvalue weighted by Gasteiger charge is -2.26. The van der Waals surface area contributed by atoms with Crippen LogP contribution in [0.3, 0.4) is 0 Å². The first kappa shape index (κ1) is 15.9. The number of unbranched alkanes of at least 4 members (excludes halogenated alkanes) is 3. The van der Waals surface area contributed by atoms with E-state index >= 15 is 0 Å². The third-order valence-electron chi connectivity index (χ3n) is 3.25. The van der Waals surface area contributed by atoms with Crippen molar-refractivity contribution in [3.05, 3.63) is 0 Å². The van der Waals surface area contributed by atoms with Gasteiger partial charge in [0.1, 0.15) is 0 Å². The van der Waals surface area contributed by atoms with Crippen molar-refractivity contribution in [3.8, 4) is 0 Å². The molecule has 16 heavy (non-hydrogen) atoms. The molecule has 0 aromatic rings. The van der Waals surface area contributed by atoms with E-state index in [0.29, 0.717) is 0 Å². The summed E-state index contributed by atoms with van der Waals surface area (Å²) in [5.74, 6) is 0.813. The second-order valence-electron chi connectivity index (χ2n) is 5.48. The smallest absolute Gasteiger partial charge is 0.00663 e. The molecule has 0 heterocycles. The van der Waals surface area contributed by atoms with Gasteiger partial charge in [0.2, 0.25) is 0 Å². The van der Waals surface area contributed by atoms with Gasteiger partial charge in [-0.25, -0.2) is 0 Å². The Morgan fingerprint density at radius 2 is 1.62 bits per heavy atom. The SMILES string of the molecule is CNCCCCCCN(C)C(C)CC(C)C. The van der Waals surface area contributed by atoms with Crippen molar-refractivity contribution in [2.24, 2.45) is 5.92 Å². The van der Waals surface area contributed by atoms with E-state index in [1.165, 1.54) is 45.2 Å². The molecule has 0 aliphatic carbocycles. The van der Waals surface area contributed by atoms with E-state index in [1.807, 2.05) is 7.05 Å². The molecule has 0 aromatic heterocycles. The summed E-state index contributed by atoms with van der Waals surface area (Å²) in [6.45, 7) is 9.39. The van der Waals surface area contributed by atoms with Crippen LogP contribution in [-0.2, 0) is 0 Å². The number of rotatable bonds is 10. The molecule has 0 amide bonds. The quantitative estimate of drug-likeness (QED) is 0.578. The van der Waals surface area contributed by atoms with Gasteiger partial charge in [-0.15, -0.1) is 0 Å². The first-order valence-corrected chi connectivity index (χ1v) is 6.92. The maximum absolute atomic E-state index is 3.20. The topological polar surface area (TPSA) is 15.3 Å². The predicted molar refractivity (Wildman–Crippen MR) is 73.9 cm³/mol. The Morgan fingerprint density at radius 3 is 2.19 bits per heavy atom. The van der Waals surface area contributed by atoms with Crippen LogP contribution >= 0.6 is 0 Å². The zero-order valence-corrected chi connectivity index (χ0v) is 12.1. The fraction of sp³-hybridized carbons (Fsp3) is 1.00. The molecule has 0 radical (unpaired) electrons. The van der Waals surface area contributed by atoms with Crippen LogP contribution in [0.5, 0.6) is 0 Å². The highest BCUT2D eigenvalue weighted by molar-refractivity contribution is 4.65. The van der Waals surface area contributed by atoms with Gasteiger partial charge in [-0.1, -0.05) is 26.7 Å². The average Bonchev–Trinajstić information content (AvgIpc) is 2.21. The molecule has 0 aliphatic rings.